The van der Waals surface area contributed by atoms with Crippen LogP contribution in [-0.2, 0) is 26.2 Å². The molecule has 0 aromatic heterocycles. The summed E-state index contributed by atoms with van der Waals surface area (Å²) in [5.41, 5.74) is 3.72. The van der Waals surface area contributed by atoms with Gasteiger partial charge in [0, 0.05) is 13.1 Å². The van der Waals surface area contributed by atoms with Gasteiger partial charge in [-0.1, -0.05) is 55.8 Å². The molecule has 0 spiro atoms. The van der Waals surface area contributed by atoms with Crippen LogP contribution in [0.25, 0.3) is 0 Å². The summed E-state index contributed by atoms with van der Waals surface area (Å²) in [4.78, 5) is 29.0. The molecule has 0 bridgehead atoms. The number of carbonyl (C=O) groups is 2. The molecule has 0 saturated heterocycles. The summed E-state index contributed by atoms with van der Waals surface area (Å²) in [6.07, 6.45) is 1.12. The fourth-order valence-electron chi connectivity index (χ4n) is 4.55. The predicted molar refractivity (Wildman–Crippen MR) is 163 cm³/mol. The number of sulfonamides is 1. The molecule has 0 aliphatic heterocycles. The summed E-state index contributed by atoms with van der Waals surface area (Å²) in [6.45, 7) is 9.53. The van der Waals surface area contributed by atoms with Gasteiger partial charge in [-0.3, -0.25) is 13.9 Å². The molecule has 3 aromatic carbocycles. The number of amides is 2. The zero-order valence-electron chi connectivity index (χ0n) is 24.8. The quantitative estimate of drug-likeness (QED) is 0.302. The van der Waals surface area contributed by atoms with Crippen molar-refractivity contribution >= 4 is 27.5 Å². The topological polar surface area (TPSA) is 96.0 Å². The number of hydrogen-bond acceptors (Lipinski definition) is 5. The Labute approximate surface area is 244 Å². The maximum atomic E-state index is 14.2. The minimum atomic E-state index is -4.12. The highest BCUT2D eigenvalue weighted by Gasteiger charge is 2.34. The molecule has 1 atom stereocenters. The van der Waals surface area contributed by atoms with Crippen LogP contribution in [0.4, 0.5) is 5.69 Å². The Kier molecular flexibility index (Phi) is 10.9. The monoisotopic (exact) mass is 579 g/mol. The van der Waals surface area contributed by atoms with Crippen LogP contribution >= 0.6 is 0 Å². The molecule has 2 amide bonds. The zero-order chi connectivity index (χ0) is 30.2. The average molecular weight is 580 g/mol. The molecule has 1 N–H and O–H groups in total. The number of benzene rings is 3. The highest BCUT2D eigenvalue weighted by atomic mass is 32.2. The van der Waals surface area contributed by atoms with Crippen LogP contribution in [0.2, 0.25) is 0 Å². The third kappa shape index (κ3) is 7.88. The lowest BCUT2D eigenvalue weighted by molar-refractivity contribution is -0.140. The maximum absolute atomic E-state index is 14.2. The standard InChI is InChI=1S/C32H41N3O5S/c1-7-19-33-32(37)29(8-2)34(21-26-13-15-27(40-6)16-14-26)31(36)22-35(30-20-24(4)9-12-25(30)5)41(38,39)28-17-10-23(3)11-18-28/h9-18,20,29H,7-8,19,21-22H2,1-6H3,(H,33,37)/t29-/m0/s1. The minimum absolute atomic E-state index is 0.0891. The van der Waals surface area contributed by atoms with Crippen molar-refractivity contribution in [3.8, 4) is 5.75 Å². The third-order valence-corrected chi connectivity index (χ3v) is 8.74. The van der Waals surface area contributed by atoms with E-state index in [0.29, 0.717) is 30.0 Å². The van der Waals surface area contributed by atoms with Gasteiger partial charge in [0.2, 0.25) is 11.8 Å². The molecule has 3 rings (SSSR count). The number of aryl methyl sites for hydroxylation is 3. The fraction of sp³-hybridized carbons (Fsp3) is 0.375. The van der Waals surface area contributed by atoms with Crippen LogP contribution in [0.3, 0.4) is 0 Å². The van der Waals surface area contributed by atoms with E-state index in [1.54, 1.807) is 49.6 Å². The van der Waals surface area contributed by atoms with Crippen LogP contribution < -0.4 is 14.4 Å². The van der Waals surface area contributed by atoms with Gasteiger partial charge in [-0.15, -0.1) is 0 Å². The molecule has 0 saturated carbocycles. The van der Waals surface area contributed by atoms with Crippen molar-refractivity contribution in [3.63, 3.8) is 0 Å². The van der Waals surface area contributed by atoms with Crippen molar-refractivity contribution in [2.24, 2.45) is 0 Å². The molecule has 0 fully saturated rings. The molecule has 8 nitrogen and oxygen atoms in total. The predicted octanol–water partition coefficient (Wildman–Crippen LogP) is 5.15. The van der Waals surface area contributed by atoms with Gasteiger partial charge in [0.25, 0.3) is 10.0 Å². The van der Waals surface area contributed by atoms with Gasteiger partial charge in [0.15, 0.2) is 0 Å². The van der Waals surface area contributed by atoms with Gasteiger partial charge >= 0.3 is 0 Å². The molecule has 0 heterocycles. The largest absolute Gasteiger partial charge is 0.497 e. The molecule has 41 heavy (non-hydrogen) atoms. The molecule has 9 heteroatoms. The molecule has 0 aliphatic carbocycles. The van der Waals surface area contributed by atoms with Crippen LogP contribution in [0.5, 0.6) is 5.75 Å². The van der Waals surface area contributed by atoms with E-state index in [1.807, 2.05) is 58.9 Å². The first-order chi connectivity index (χ1) is 19.5. The third-order valence-electron chi connectivity index (χ3n) is 6.97. The number of ether oxygens (including phenoxy) is 1. The van der Waals surface area contributed by atoms with E-state index >= 15 is 0 Å². The molecular weight excluding hydrogens is 538 g/mol. The summed E-state index contributed by atoms with van der Waals surface area (Å²) < 4.78 is 34.6. The van der Waals surface area contributed by atoms with Gasteiger partial charge in [-0.05, 0) is 80.6 Å². The lowest BCUT2D eigenvalue weighted by Crippen LogP contribution is -2.52. The highest BCUT2D eigenvalue weighted by molar-refractivity contribution is 7.92. The summed E-state index contributed by atoms with van der Waals surface area (Å²) >= 11 is 0. The van der Waals surface area contributed by atoms with Crippen molar-refractivity contribution in [1.29, 1.82) is 0 Å². The molecule has 0 unspecified atom stereocenters. The Hall–Kier alpha value is -3.85. The normalized spacial score (nSPS) is 12.0. The van der Waals surface area contributed by atoms with Crippen LogP contribution in [0.1, 0.15) is 48.9 Å². The van der Waals surface area contributed by atoms with E-state index in [1.165, 1.54) is 9.21 Å². The SMILES string of the molecule is CCCNC(=O)[C@H](CC)N(Cc1ccc(OC)cc1)C(=O)CN(c1cc(C)ccc1C)S(=O)(=O)c1ccc(C)cc1. The highest BCUT2D eigenvalue weighted by Crippen LogP contribution is 2.29. The molecule has 220 valence electrons. The van der Waals surface area contributed by atoms with E-state index in [0.717, 1.165) is 23.1 Å². The number of rotatable bonds is 13. The number of nitrogens with one attached hydrogen (secondary N) is 1. The first kappa shape index (κ1) is 31.7. The van der Waals surface area contributed by atoms with Gasteiger partial charge in [0.1, 0.15) is 18.3 Å². The Balaban J connectivity index is 2.08. The van der Waals surface area contributed by atoms with Crippen molar-refractivity contribution in [1.82, 2.24) is 10.2 Å². The van der Waals surface area contributed by atoms with Gasteiger partial charge in [-0.25, -0.2) is 8.42 Å². The zero-order valence-corrected chi connectivity index (χ0v) is 25.6. The van der Waals surface area contributed by atoms with Crippen LogP contribution in [0.15, 0.2) is 71.6 Å². The van der Waals surface area contributed by atoms with E-state index in [-0.39, 0.29) is 17.3 Å². The Morgan fingerprint density at radius 1 is 0.902 bits per heavy atom. The number of carbonyl (C=O) groups excluding carboxylic acids is 2. The number of hydrogen-bond donors (Lipinski definition) is 1. The molecule has 0 aliphatic rings. The minimum Gasteiger partial charge on any atom is -0.497 e. The average Bonchev–Trinajstić information content (AvgIpc) is 2.96. The Bertz CT molecular complexity index is 1440. The second-order valence-electron chi connectivity index (χ2n) is 10.2. The second-order valence-corrected chi connectivity index (χ2v) is 12.1. The van der Waals surface area contributed by atoms with Crippen molar-refractivity contribution in [3.05, 3.63) is 89.0 Å². The number of nitrogens with zero attached hydrogens (tertiary/aromatic N) is 2. The van der Waals surface area contributed by atoms with E-state index in [9.17, 15) is 18.0 Å². The smallest absolute Gasteiger partial charge is 0.264 e. The maximum Gasteiger partial charge on any atom is 0.264 e. The second kappa shape index (κ2) is 14.2. The molecule has 3 aromatic rings. The number of methoxy groups -OCH3 is 1. The van der Waals surface area contributed by atoms with Gasteiger partial charge in [-0.2, -0.15) is 0 Å². The lowest BCUT2D eigenvalue weighted by Gasteiger charge is -2.33. The van der Waals surface area contributed by atoms with Crippen molar-refractivity contribution in [2.45, 2.75) is 64.9 Å². The van der Waals surface area contributed by atoms with Crippen molar-refractivity contribution < 1.29 is 22.7 Å². The van der Waals surface area contributed by atoms with E-state index in [2.05, 4.69) is 5.32 Å². The van der Waals surface area contributed by atoms with Gasteiger partial charge < -0.3 is 15.0 Å². The summed E-state index contributed by atoms with van der Waals surface area (Å²) in [5, 5.41) is 2.90. The first-order valence-electron chi connectivity index (χ1n) is 13.9. The van der Waals surface area contributed by atoms with Gasteiger partial charge in [0.05, 0.1) is 17.7 Å². The lowest BCUT2D eigenvalue weighted by atomic mass is 10.1. The van der Waals surface area contributed by atoms with E-state index in [4.69, 9.17) is 4.74 Å². The first-order valence-corrected chi connectivity index (χ1v) is 15.3. The van der Waals surface area contributed by atoms with Crippen LogP contribution in [-0.4, -0.2) is 51.4 Å². The summed E-state index contributed by atoms with van der Waals surface area (Å²) in [7, 11) is -2.54. The summed E-state index contributed by atoms with van der Waals surface area (Å²) in [6, 6.07) is 18.6. The molecule has 0 radical (unpaired) electrons. The fourth-order valence-corrected chi connectivity index (χ4v) is 6.02. The summed E-state index contributed by atoms with van der Waals surface area (Å²) in [5.74, 6) is -0.0727. The van der Waals surface area contributed by atoms with Crippen LogP contribution in [0, 0.1) is 20.8 Å². The number of anilines is 1. The van der Waals surface area contributed by atoms with Crippen molar-refractivity contribution in [2.75, 3.05) is 24.5 Å². The Morgan fingerprint density at radius 2 is 1.54 bits per heavy atom. The molecular formula is C32H41N3O5S. The Morgan fingerprint density at radius 3 is 2.12 bits per heavy atom. The van der Waals surface area contributed by atoms with E-state index < -0.39 is 28.5 Å².